The van der Waals surface area contributed by atoms with Gasteiger partial charge in [0.25, 0.3) is 5.56 Å². The number of rotatable bonds is 4. The predicted molar refractivity (Wildman–Crippen MR) is 75.9 cm³/mol. The molecule has 0 saturated carbocycles. The van der Waals surface area contributed by atoms with Crippen LogP contribution in [0.3, 0.4) is 0 Å². The van der Waals surface area contributed by atoms with Crippen molar-refractivity contribution < 1.29 is 0 Å². The van der Waals surface area contributed by atoms with Crippen molar-refractivity contribution >= 4 is 11.8 Å². The van der Waals surface area contributed by atoms with E-state index in [0.29, 0.717) is 10.4 Å². The van der Waals surface area contributed by atoms with Crippen LogP contribution in [-0.4, -0.2) is 15.2 Å². The first-order valence-corrected chi connectivity index (χ1v) is 6.90. The molecule has 2 rings (SSSR count). The second-order valence-corrected chi connectivity index (χ2v) is 5.57. The van der Waals surface area contributed by atoms with Gasteiger partial charge in [0.05, 0.1) is 5.69 Å². The molecule has 0 amide bonds. The number of aromatic nitrogens is 2. The third-order valence-electron chi connectivity index (χ3n) is 2.68. The summed E-state index contributed by atoms with van der Waals surface area (Å²) in [6.45, 7) is 4.25. The van der Waals surface area contributed by atoms with Crippen LogP contribution in [0.25, 0.3) is 11.3 Å². The van der Waals surface area contributed by atoms with Gasteiger partial charge in [-0.15, -0.1) is 0 Å². The largest absolute Gasteiger partial charge is 0.301 e. The molecule has 1 aromatic carbocycles. The summed E-state index contributed by atoms with van der Waals surface area (Å²) in [5.41, 5.74) is 1.59. The highest BCUT2D eigenvalue weighted by molar-refractivity contribution is 7.99. The fraction of sp³-hybridized carbons (Fsp3) is 0.286. The Kier molecular flexibility index (Phi) is 4.20. The lowest BCUT2D eigenvalue weighted by Gasteiger charge is -2.08. The topological polar surface area (TPSA) is 45.8 Å². The summed E-state index contributed by atoms with van der Waals surface area (Å²) in [5.74, 6) is 0. The zero-order valence-corrected chi connectivity index (χ0v) is 11.3. The molecule has 1 atom stereocenters. The maximum Gasteiger partial charge on any atom is 0.252 e. The van der Waals surface area contributed by atoms with E-state index in [9.17, 15) is 4.79 Å². The van der Waals surface area contributed by atoms with Crippen molar-refractivity contribution in [1.29, 1.82) is 0 Å². The van der Waals surface area contributed by atoms with E-state index in [4.69, 9.17) is 0 Å². The minimum atomic E-state index is -0.102. The van der Waals surface area contributed by atoms with Crippen molar-refractivity contribution in [2.45, 2.75) is 30.7 Å². The van der Waals surface area contributed by atoms with Crippen LogP contribution in [-0.2, 0) is 0 Å². The molecular formula is C14H16N2OS. The SMILES string of the molecule is CC[C@H](C)Sc1nc(-c2ccccc2)cc(=O)[nH]1. The van der Waals surface area contributed by atoms with Crippen LogP contribution in [0.5, 0.6) is 0 Å². The standard InChI is InChI=1S/C14H16N2OS/c1-3-10(2)18-14-15-12(9-13(17)16-14)11-7-5-4-6-8-11/h4-10H,3H2,1-2H3,(H,15,16,17)/t10-/m0/s1. The summed E-state index contributed by atoms with van der Waals surface area (Å²) in [5, 5.41) is 1.13. The van der Waals surface area contributed by atoms with Crippen LogP contribution in [0.15, 0.2) is 46.3 Å². The summed E-state index contributed by atoms with van der Waals surface area (Å²) < 4.78 is 0. The Morgan fingerprint density at radius 2 is 2.06 bits per heavy atom. The van der Waals surface area contributed by atoms with Crippen LogP contribution in [0.4, 0.5) is 0 Å². The first kappa shape index (κ1) is 12.9. The Morgan fingerprint density at radius 3 is 2.72 bits per heavy atom. The molecule has 4 heteroatoms. The van der Waals surface area contributed by atoms with Crippen LogP contribution in [0.2, 0.25) is 0 Å². The quantitative estimate of drug-likeness (QED) is 0.677. The first-order valence-electron chi connectivity index (χ1n) is 6.02. The minimum Gasteiger partial charge on any atom is -0.301 e. The van der Waals surface area contributed by atoms with E-state index in [-0.39, 0.29) is 5.56 Å². The fourth-order valence-electron chi connectivity index (χ4n) is 1.52. The molecule has 2 aromatic rings. The van der Waals surface area contributed by atoms with Gasteiger partial charge in [-0.1, -0.05) is 55.9 Å². The molecule has 0 spiro atoms. The lowest BCUT2D eigenvalue weighted by Crippen LogP contribution is -2.09. The van der Waals surface area contributed by atoms with Crippen molar-refractivity contribution in [2.24, 2.45) is 0 Å². The highest BCUT2D eigenvalue weighted by Crippen LogP contribution is 2.23. The molecule has 1 N–H and O–H groups in total. The molecule has 1 heterocycles. The Bertz CT molecular complexity index is 566. The third-order valence-corrected chi connectivity index (χ3v) is 3.83. The van der Waals surface area contributed by atoms with Gasteiger partial charge in [-0.2, -0.15) is 0 Å². The maximum absolute atomic E-state index is 11.6. The molecule has 3 nitrogen and oxygen atoms in total. The molecule has 0 bridgehead atoms. The van der Waals surface area contributed by atoms with Gasteiger partial charge < -0.3 is 4.98 Å². The van der Waals surface area contributed by atoms with Gasteiger partial charge in [-0.25, -0.2) is 4.98 Å². The molecule has 0 aliphatic rings. The molecule has 0 saturated heterocycles. The Hall–Kier alpha value is -1.55. The van der Waals surface area contributed by atoms with E-state index in [1.54, 1.807) is 11.8 Å². The lowest BCUT2D eigenvalue weighted by molar-refractivity contribution is 0.879. The van der Waals surface area contributed by atoms with Crippen LogP contribution in [0, 0.1) is 0 Å². The Morgan fingerprint density at radius 1 is 1.33 bits per heavy atom. The zero-order valence-electron chi connectivity index (χ0n) is 10.5. The molecular weight excluding hydrogens is 244 g/mol. The van der Waals surface area contributed by atoms with Gasteiger partial charge in [-0.05, 0) is 6.42 Å². The fourth-order valence-corrected chi connectivity index (χ4v) is 2.38. The predicted octanol–water partition coefficient (Wildman–Crippen LogP) is 3.33. The van der Waals surface area contributed by atoms with Gasteiger partial charge in [-0.3, -0.25) is 4.79 Å². The lowest BCUT2D eigenvalue weighted by atomic mass is 10.1. The van der Waals surface area contributed by atoms with Gasteiger partial charge >= 0.3 is 0 Å². The number of H-pyrrole nitrogens is 1. The highest BCUT2D eigenvalue weighted by Gasteiger charge is 2.07. The van der Waals surface area contributed by atoms with Gasteiger partial charge in [0.15, 0.2) is 5.16 Å². The van der Waals surface area contributed by atoms with Crippen molar-refractivity contribution in [1.82, 2.24) is 9.97 Å². The molecule has 1 aromatic heterocycles. The number of nitrogens with zero attached hydrogens (tertiary/aromatic N) is 1. The zero-order chi connectivity index (χ0) is 13.0. The van der Waals surface area contributed by atoms with E-state index in [2.05, 4.69) is 23.8 Å². The maximum atomic E-state index is 11.6. The van der Waals surface area contributed by atoms with Crippen molar-refractivity contribution in [2.75, 3.05) is 0 Å². The second-order valence-electron chi connectivity index (χ2n) is 4.14. The smallest absolute Gasteiger partial charge is 0.252 e. The molecule has 0 fully saturated rings. The summed E-state index contributed by atoms with van der Waals surface area (Å²) in [6.07, 6.45) is 1.05. The van der Waals surface area contributed by atoms with Gasteiger partial charge in [0.2, 0.25) is 0 Å². The summed E-state index contributed by atoms with van der Waals surface area (Å²) in [7, 11) is 0. The summed E-state index contributed by atoms with van der Waals surface area (Å²) in [4.78, 5) is 18.9. The number of aromatic amines is 1. The number of benzene rings is 1. The summed E-state index contributed by atoms with van der Waals surface area (Å²) in [6, 6.07) is 11.3. The van der Waals surface area contributed by atoms with E-state index >= 15 is 0 Å². The molecule has 0 aliphatic carbocycles. The van der Waals surface area contributed by atoms with Gasteiger partial charge in [0, 0.05) is 16.9 Å². The van der Waals surface area contributed by atoms with Gasteiger partial charge in [0.1, 0.15) is 0 Å². The number of hydrogen-bond donors (Lipinski definition) is 1. The highest BCUT2D eigenvalue weighted by atomic mass is 32.2. The Labute approximate surface area is 111 Å². The third kappa shape index (κ3) is 3.23. The average molecular weight is 260 g/mol. The van der Waals surface area contributed by atoms with E-state index in [1.807, 2.05) is 30.3 Å². The molecule has 0 radical (unpaired) electrons. The Balaban J connectivity index is 2.36. The van der Waals surface area contributed by atoms with Crippen molar-refractivity contribution in [3.63, 3.8) is 0 Å². The molecule has 0 unspecified atom stereocenters. The van der Waals surface area contributed by atoms with Crippen molar-refractivity contribution in [3.05, 3.63) is 46.8 Å². The van der Waals surface area contributed by atoms with Crippen molar-refractivity contribution in [3.8, 4) is 11.3 Å². The molecule has 0 aliphatic heterocycles. The number of thioether (sulfide) groups is 1. The van der Waals surface area contributed by atoms with E-state index < -0.39 is 0 Å². The number of nitrogens with one attached hydrogen (secondary N) is 1. The number of hydrogen-bond acceptors (Lipinski definition) is 3. The second kappa shape index (κ2) is 5.87. The summed E-state index contributed by atoms with van der Waals surface area (Å²) >= 11 is 1.60. The molecule has 18 heavy (non-hydrogen) atoms. The van der Waals surface area contributed by atoms with E-state index in [0.717, 1.165) is 17.7 Å². The van der Waals surface area contributed by atoms with Crippen LogP contribution >= 0.6 is 11.8 Å². The normalized spacial score (nSPS) is 12.3. The average Bonchev–Trinajstić information content (AvgIpc) is 2.39. The monoisotopic (exact) mass is 260 g/mol. The van der Waals surface area contributed by atoms with Crippen LogP contribution < -0.4 is 5.56 Å². The van der Waals surface area contributed by atoms with Crippen LogP contribution in [0.1, 0.15) is 20.3 Å². The molecule has 94 valence electrons. The van der Waals surface area contributed by atoms with E-state index in [1.165, 1.54) is 6.07 Å². The minimum absolute atomic E-state index is 0.102. The first-order chi connectivity index (χ1) is 8.69.